The lowest BCUT2D eigenvalue weighted by molar-refractivity contribution is 0.0630. The summed E-state index contributed by atoms with van der Waals surface area (Å²) in [5, 5.41) is 0. The molecule has 1 fully saturated rings. The minimum absolute atomic E-state index is 0.374. The first kappa shape index (κ1) is 20.1. The lowest BCUT2D eigenvalue weighted by Crippen LogP contribution is -2.05. The number of hydrogen-bond acceptors (Lipinski definition) is 9. The van der Waals surface area contributed by atoms with Gasteiger partial charge in [0.25, 0.3) is 0 Å². The summed E-state index contributed by atoms with van der Waals surface area (Å²) in [6, 6.07) is 0. The van der Waals surface area contributed by atoms with Crippen LogP contribution in [0, 0.1) is 0 Å². The first-order chi connectivity index (χ1) is 9.51. The van der Waals surface area contributed by atoms with Crippen LogP contribution < -0.4 is 0 Å². The van der Waals surface area contributed by atoms with Crippen LogP contribution in [0.3, 0.4) is 0 Å². The van der Waals surface area contributed by atoms with E-state index >= 15 is 0 Å². The first-order valence-electron chi connectivity index (χ1n) is 5.72. The minimum atomic E-state index is -0.657. The summed E-state index contributed by atoms with van der Waals surface area (Å²) < 4.78 is 25.5. The number of ether oxygens (including phenoxy) is 6. The maximum Gasteiger partial charge on any atom is 0.508 e. The van der Waals surface area contributed by atoms with Gasteiger partial charge in [-0.2, -0.15) is 0 Å². The van der Waals surface area contributed by atoms with Crippen molar-refractivity contribution in [1.82, 2.24) is 0 Å². The van der Waals surface area contributed by atoms with Crippen molar-refractivity contribution in [3.63, 3.8) is 0 Å². The molecule has 0 aromatic heterocycles. The third kappa shape index (κ3) is 15.8. The lowest BCUT2D eigenvalue weighted by Gasteiger charge is -1.98. The van der Waals surface area contributed by atoms with Crippen molar-refractivity contribution in [2.45, 2.75) is 13.8 Å². The van der Waals surface area contributed by atoms with Crippen LogP contribution in [0.5, 0.6) is 0 Å². The van der Waals surface area contributed by atoms with Crippen LogP contribution in [0.15, 0.2) is 0 Å². The molecule has 9 nitrogen and oxygen atoms in total. The molecule has 1 saturated heterocycles. The molecule has 0 aliphatic carbocycles. The maximum absolute atomic E-state index is 10.2. The van der Waals surface area contributed by atoms with Gasteiger partial charge in [-0.1, -0.05) is 0 Å². The Morgan fingerprint density at radius 3 is 1.50 bits per heavy atom. The number of carbonyl (C=O) groups is 3. The highest BCUT2D eigenvalue weighted by Crippen LogP contribution is 1.92. The van der Waals surface area contributed by atoms with Gasteiger partial charge in [0, 0.05) is 0 Å². The fourth-order valence-electron chi connectivity index (χ4n) is 0.652. The molecule has 1 aliphatic heterocycles. The van der Waals surface area contributed by atoms with E-state index in [1.165, 1.54) is 14.2 Å². The van der Waals surface area contributed by atoms with E-state index in [0.29, 0.717) is 26.4 Å². The average molecular weight is 296 g/mol. The van der Waals surface area contributed by atoms with E-state index in [0.717, 1.165) is 0 Å². The van der Waals surface area contributed by atoms with Gasteiger partial charge in [-0.05, 0) is 13.8 Å². The van der Waals surface area contributed by atoms with Gasteiger partial charge >= 0.3 is 18.5 Å². The molecule has 0 aromatic rings. The van der Waals surface area contributed by atoms with Crippen molar-refractivity contribution in [3.8, 4) is 0 Å². The Morgan fingerprint density at radius 1 is 0.950 bits per heavy atom. The van der Waals surface area contributed by atoms with Crippen molar-refractivity contribution < 1.29 is 42.8 Å². The smallest absolute Gasteiger partial charge is 0.438 e. The Balaban J connectivity index is 0. The number of cyclic esters (lactones) is 2. The summed E-state index contributed by atoms with van der Waals surface area (Å²) in [6.07, 6.45) is -1.79. The zero-order valence-electron chi connectivity index (χ0n) is 12.0. The first-order valence-corrected chi connectivity index (χ1v) is 5.72. The Morgan fingerprint density at radius 2 is 1.35 bits per heavy atom. The zero-order chi connectivity index (χ0) is 15.8. The molecule has 0 N–H and O–H groups in total. The summed E-state index contributed by atoms with van der Waals surface area (Å²) >= 11 is 0. The summed E-state index contributed by atoms with van der Waals surface area (Å²) in [5.74, 6) is 0. The fourth-order valence-corrected chi connectivity index (χ4v) is 0.652. The zero-order valence-corrected chi connectivity index (χ0v) is 12.0. The molecular weight excluding hydrogens is 276 g/mol. The molecule has 0 spiro atoms. The van der Waals surface area contributed by atoms with E-state index in [-0.39, 0.29) is 0 Å². The van der Waals surface area contributed by atoms with Crippen LogP contribution in [0.25, 0.3) is 0 Å². The number of rotatable bonds is 2. The van der Waals surface area contributed by atoms with Crippen LogP contribution in [-0.2, 0) is 28.4 Å². The van der Waals surface area contributed by atoms with E-state index in [1.54, 1.807) is 13.8 Å². The third-order valence-electron chi connectivity index (χ3n) is 1.38. The van der Waals surface area contributed by atoms with Gasteiger partial charge in [-0.15, -0.1) is 0 Å². The minimum Gasteiger partial charge on any atom is -0.438 e. The van der Waals surface area contributed by atoms with Gasteiger partial charge in [0.05, 0.1) is 27.4 Å². The topological polar surface area (TPSA) is 107 Å². The van der Waals surface area contributed by atoms with Gasteiger partial charge in [0.1, 0.15) is 13.2 Å². The molecule has 0 aromatic carbocycles. The highest BCUT2D eigenvalue weighted by atomic mass is 16.8. The highest BCUT2D eigenvalue weighted by Gasteiger charge is 2.09. The Bertz CT molecular complexity index is 253. The molecule has 9 heteroatoms. The van der Waals surface area contributed by atoms with Gasteiger partial charge in [0.2, 0.25) is 0 Å². The second-order valence-electron chi connectivity index (χ2n) is 2.72. The fraction of sp³-hybridized carbons (Fsp3) is 0.727. The molecule has 0 saturated carbocycles. The average Bonchev–Trinajstić information content (AvgIpc) is 2.91. The van der Waals surface area contributed by atoms with Crippen LogP contribution in [0.1, 0.15) is 13.8 Å². The monoisotopic (exact) mass is 296 g/mol. The van der Waals surface area contributed by atoms with Gasteiger partial charge < -0.3 is 28.4 Å². The predicted molar refractivity (Wildman–Crippen MR) is 65.4 cm³/mol. The van der Waals surface area contributed by atoms with Gasteiger partial charge in [-0.3, -0.25) is 0 Å². The largest absolute Gasteiger partial charge is 0.508 e. The van der Waals surface area contributed by atoms with Gasteiger partial charge in [0.15, 0.2) is 0 Å². The highest BCUT2D eigenvalue weighted by molar-refractivity contribution is 5.61. The molecule has 20 heavy (non-hydrogen) atoms. The summed E-state index contributed by atoms with van der Waals surface area (Å²) in [7, 11) is 2.51. The van der Waals surface area contributed by atoms with E-state index in [9.17, 15) is 14.4 Å². The lowest BCUT2D eigenvalue weighted by atomic mass is 10.8. The van der Waals surface area contributed by atoms with Crippen LogP contribution in [-0.4, -0.2) is 59.1 Å². The molecule has 1 rings (SSSR count). The number of methoxy groups -OCH3 is 2. The quantitative estimate of drug-likeness (QED) is 0.556. The van der Waals surface area contributed by atoms with E-state index in [2.05, 4.69) is 28.4 Å². The van der Waals surface area contributed by atoms with E-state index < -0.39 is 18.5 Å². The summed E-state index contributed by atoms with van der Waals surface area (Å²) in [4.78, 5) is 29.7. The maximum atomic E-state index is 10.2. The van der Waals surface area contributed by atoms with Crippen LogP contribution in [0.2, 0.25) is 0 Å². The molecule has 0 radical (unpaired) electrons. The molecule has 1 aliphatic rings. The van der Waals surface area contributed by atoms with Crippen LogP contribution >= 0.6 is 0 Å². The molecule has 0 bridgehead atoms. The normalized spacial score (nSPS) is 11.3. The second-order valence-corrected chi connectivity index (χ2v) is 2.72. The van der Waals surface area contributed by atoms with E-state index in [4.69, 9.17) is 0 Å². The number of carbonyl (C=O) groups excluding carboxylic acids is 3. The van der Waals surface area contributed by atoms with Crippen molar-refractivity contribution in [2.75, 3.05) is 40.6 Å². The Kier molecular flexibility index (Phi) is 15.0. The second kappa shape index (κ2) is 14.9. The van der Waals surface area contributed by atoms with Crippen molar-refractivity contribution >= 4 is 18.5 Å². The molecule has 1 heterocycles. The molecule has 0 amide bonds. The van der Waals surface area contributed by atoms with Gasteiger partial charge in [-0.25, -0.2) is 14.4 Å². The molecule has 0 atom stereocenters. The van der Waals surface area contributed by atoms with E-state index in [1.807, 2.05) is 0 Å². The number of hydrogen-bond donors (Lipinski definition) is 0. The molecular formula is C11H20O9. The molecule has 118 valence electrons. The SMILES string of the molecule is CCOC(=O)OCC.COC(=O)OC.O=C1OCCO1. The Hall–Kier alpha value is -2.19. The standard InChI is InChI=1S/C5H10O3.C3H4O3.C3H6O3/c1-3-7-5(6)8-4-2;4-3-5-1-2-6-3;1-5-3(4)6-2/h3-4H2,1-2H3;1-2H2;1-2H3. The van der Waals surface area contributed by atoms with Crippen molar-refractivity contribution in [2.24, 2.45) is 0 Å². The predicted octanol–water partition coefficient (Wildman–Crippen LogP) is 1.73. The van der Waals surface area contributed by atoms with Crippen LogP contribution in [0.4, 0.5) is 14.4 Å². The third-order valence-corrected chi connectivity index (χ3v) is 1.38. The Labute approximate surface area is 117 Å². The summed E-state index contributed by atoms with van der Waals surface area (Å²) in [6.45, 7) is 5.04. The molecule has 0 unspecified atom stereocenters. The van der Waals surface area contributed by atoms with Crippen molar-refractivity contribution in [3.05, 3.63) is 0 Å². The summed E-state index contributed by atoms with van der Waals surface area (Å²) in [5.41, 5.74) is 0. The van der Waals surface area contributed by atoms with Crippen molar-refractivity contribution in [1.29, 1.82) is 0 Å².